The number of nitrogen functional groups attached to an aromatic ring is 1. The summed E-state index contributed by atoms with van der Waals surface area (Å²) in [6.45, 7) is 8.75. The van der Waals surface area contributed by atoms with Crippen LogP contribution in [0.1, 0.15) is 39.0 Å². The molecular formula is C17H30N6. The van der Waals surface area contributed by atoms with E-state index < -0.39 is 0 Å². The summed E-state index contributed by atoms with van der Waals surface area (Å²) in [5, 5.41) is 3.41. The molecular weight excluding hydrogens is 288 g/mol. The van der Waals surface area contributed by atoms with Gasteiger partial charge in [-0.3, -0.25) is 0 Å². The lowest BCUT2D eigenvalue weighted by atomic mass is 10.0. The van der Waals surface area contributed by atoms with Crippen molar-refractivity contribution in [3.05, 3.63) is 6.33 Å². The van der Waals surface area contributed by atoms with Crippen LogP contribution in [-0.4, -0.2) is 54.1 Å². The van der Waals surface area contributed by atoms with Crippen molar-refractivity contribution < 1.29 is 0 Å². The smallest absolute Gasteiger partial charge is 0.157 e. The first-order valence-electron chi connectivity index (χ1n) is 9.05. The molecule has 6 nitrogen and oxygen atoms in total. The summed E-state index contributed by atoms with van der Waals surface area (Å²) in [7, 11) is 0. The normalized spacial score (nSPS) is 23.0. The van der Waals surface area contributed by atoms with Gasteiger partial charge in [-0.25, -0.2) is 9.97 Å². The lowest BCUT2D eigenvalue weighted by molar-refractivity contribution is 0.237. The van der Waals surface area contributed by atoms with Crippen LogP contribution in [0, 0.1) is 5.92 Å². The van der Waals surface area contributed by atoms with Crippen LogP contribution >= 0.6 is 0 Å². The molecule has 0 aromatic carbocycles. The average Bonchev–Trinajstić information content (AvgIpc) is 2.57. The van der Waals surface area contributed by atoms with E-state index in [1.165, 1.54) is 45.2 Å². The zero-order valence-corrected chi connectivity index (χ0v) is 14.3. The molecule has 1 unspecified atom stereocenters. The van der Waals surface area contributed by atoms with Crippen molar-refractivity contribution in [3.63, 3.8) is 0 Å². The Morgan fingerprint density at radius 1 is 1.17 bits per heavy atom. The molecule has 3 heterocycles. The lowest BCUT2D eigenvalue weighted by Crippen LogP contribution is -2.36. The summed E-state index contributed by atoms with van der Waals surface area (Å²) in [6.07, 6.45) is 8.17. The number of nitrogens with two attached hydrogens (primary N) is 1. The molecule has 0 aliphatic carbocycles. The van der Waals surface area contributed by atoms with Gasteiger partial charge in [0.2, 0.25) is 0 Å². The molecule has 2 fully saturated rings. The topological polar surface area (TPSA) is 70.3 Å². The summed E-state index contributed by atoms with van der Waals surface area (Å²) in [4.78, 5) is 13.6. The van der Waals surface area contributed by atoms with Gasteiger partial charge in [0.05, 0.1) is 0 Å². The minimum Gasteiger partial charge on any atom is -0.393 e. The van der Waals surface area contributed by atoms with Gasteiger partial charge in [0.25, 0.3) is 0 Å². The molecule has 6 heteroatoms. The predicted molar refractivity (Wildman–Crippen MR) is 95.8 cm³/mol. The summed E-state index contributed by atoms with van der Waals surface area (Å²) >= 11 is 0. The first-order valence-corrected chi connectivity index (χ1v) is 9.05. The Morgan fingerprint density at radius 3 is 2.78 bits per heavy atom. The number of nitrogens with zero attached hydrogens (tertiary/aromatic N) is 4. The van der Waals surface area contributed by atoms with Crippen molar-refractivity contribution in [1.29, 1.82) is 0 Å². The van der Waals surface area contributed by atoms with Crippen molar-refractivity contribution in [1.82, 2.24) is 14.9 Å². The van der Waals surface area contributed by atoms with Gasteiger partial charge in [-0.05, 0) is 44.7 Å². The molecule has 3 N–H and O–H groups in total. The average molecular weight is 318 g/mol. The maximum Gasteiger partial charge on any atom is 0.157 e. The second-order valence-corrected chi connectivity index (χ2v) is 6.98. The van der Waals surface area contributed by atoms with Crippen molar-refractivity contribution in [2.24, 2.45) is 5.92 Å². The third kappa shape index (κ3) is 4.25. The first-order chi connectivity index (χ1) is 11.2. The largest absolute Gasteiger partial charge is 0.393 e. The van der Waals surface area contributed by atoms with Gasteiger partial charge < -0.3 is 20.9 Å². The number of hydrogen-bond donors (Lipinski definition) is 2. The number of anilines is 3. The monoisotopic (exact) mass is 318 g/mol. The van der Waals surface area contributed by atoms with E-state index in [9.17, 15) is 0 Å². The molecule has 2 aliphatic rings. The number of aromatic nitrogens is 2. The fraction of sp³-hybridized carbons (Fsp3) is 0.765. The third-order valence-electron chi connectivity index (χ3n) is 4.99. The fourth-order valence-electron chi connectivity index (χ4n) is 3.68. The molecule has 0 saturated carbocycles. The number of hydrogen-bond acceptors (Lipinski definition) is 6. The predicted octanol–water partition coefficient (Wildman–Crippen LogP) is 2.19. The van der Waals surface area contributed by atoms with Crippen LogP contribution in [0.5, 0.6) is 0 Å². The van der Waals surface area contributed by atoms with Gasteiger partial charge in [-0.1, -0.05) is 13.3 Å². The highest BCUT2D eigenvalue weighted by molar-refractivity contribution is 5.74. The van der Waals surface area contributed by atoms with Crippen molar-refractivity contribution in [2.45, 2.75) is 39.0 Å². The number of piperidine rings is 2. The van der Waals surface area contributed by atoms with E-state index in [0.29, 0.717) is 11.6 Å². The van der Waals surface area contributed by atoms with Gasteiger partial charge in [-0.15, -0.1) is 0 Å². The molecule has 1 aromatic heterocycles. The van der Waals surface area contributed by atoms with Crippen LogP contribution in [0.3, 0.4) is 0 Å². The Bertz CT molecular complexity index is 500. The summed E-state index contributed by atoms with van der Waals surface area (Å²) in [6, 6.07) is 0. The Kier molecular flexibility index (Phi) is 5.54. The maximum atomic E-state index is 6.34. The van der Waals surface area contributed by atoms with E-state index in [0.717, 1.165) is 37.8 Å². The number of rotatable bonds is 5. The lowest BCUT2D eigenvalue weighted by Gasteiger charge is -2.32. The zero-order chi connectivity index (χ0) is 16.1. The molecule has 128 valence electrons. The Balaban J connectivity index is 1.58. The van der Waals surface area contributed by atoms with Gasteiger partial charge >= 0.3 is 0 Å². The third-order valence-corrected chi connectivity index (χ3v) is 4.99. The molecule has 0 bridgehead atoms. The van der Waals surface area contributed by atoms with Crippen LogP contribution in [0.4, 0.5) is 17.3 Å². The molecule has 2 aliphatic heterocycles. The van der Waals surface area contributed by atoms with Crippen LogP contribution in [0.2, 0.25) is 0 Å². The van der Waals surface area contributed by atoms with E-state index >= 15 is 0 Å². The second-order valence-electron chi connectivity index (χ2n) is 6.98. The Morgan fingerprint density at radius 2 is 2.00 bits per heavy atom. The molecule has 2 saturated heterocycles. The van der Waals surface area contributed by atoms with E-state index in [-0.39, 0.29) is 0 Å². The Hall–Kier alpha value is -1.56. The summed E-state index contributed by atoms with van der Waals surface area (Å²) < 4.78 is 0. The van der Waals surface area contributed by atoms with Gasteiger partial charge in [-0.2, -0.15) is 0 Å². The molecule has 0 radical (unpaired) electrons. The number of likely N-dealkylation sites (tertiary alicyclic amines) is 1. The minimum absolute atomic E-state index is 0.695. The summed E-state index contributed by atoms with van der Waals surface area (Å²) in [5.41, 5.74) is 7.03. The maximum absolute atomic E-state index is 6.34. The minimum atomic E-state index is 0.695. The van der Waals surface area contributed by atoms with E-state index in [4.69, 9.17) is 5.73 Å². The molecule has 1 atom stereocenters. The second kappa shape index (κ2) is 7.81. The van der Waals surface area contributed by atoms with Crippen molar-refractivity contribution in [3.8, 4) is 0 Å². The van der Waals surface area contributed by atoms with E-state index in [1.54, 1.807) is 6.33 Å². The van der Waals surface area contributed by atoms with Crippen LogP contribution in [-0.2, 0) is 0 Å². The SMILES string of the molecule is CC1CCCN(c2ncnc(NCCN3CCCCC3)c2N)C1. The number of nitrogens with one attached hydrogen (secondary N) is 1. The summed E-state index contributed by atoms with van der Waals surface area (Å²) in [5.74, 6) is 2.38. The van der Waals surface area contributed by atoms with Crippen LogP contribution in [0.25, 0.3) is 0 Å². The zero-order valence-electron chi connectivity index (χ0n) is 14.3. The highest BCUT2D eigenvalue weighted by Crippen LogP contribution is 2.29. The van der Waals surface area contributed by atoms with Crippen LogP contribution in [0.15, 0.2) is 6.33 Å². The van der Waals surface area contributed by atoms with Gasteiger partial charge in [0, 0.05) is 26.2 Å². The first kappa shape index (κ1) is 16.3. The van der Waals surface area contributed by atoms with E-state index in [2.05, 4.69) is 32.0 Å². The van der Waals surface area contributed by atoms with Crippen molar-refractivity contribution >= 4 is 17.3 Å². The van der Waals surface area contributed by atoms with Gasteiger partial charge in [0.1, 0.15) is 12.0 Å². The highest BCUT2D eigenvalue weighted by atomic mass is 15.2. The highest BCUT2D eigenvalue weighted by Gasteiger charge is 2.21. The van der Waals surface area contributed by atoms with Gasteiger partial charge in [0.15, 0.2) is 11.6 Å². The standard InChI is InChI=1S/C17H30N6/c1-14-6-5-10-23(12-14)17-15(18)16(20-13-21-17)19-7-11-22-8-3-2-4-9-22/h13-14H,2-12,18H2,1H3,(H,19,20,21). The quantitative estimate of drug-likeness (QED) is 0.867. The molecule has 0 spiro atoms. The molecule has 0 amide bonds. The molecule has 3 rings (SSSR count). The van der Waals surface area contributed by atoms with E-state index in [1.807, 2.05) is 0 Å². The Labute approximate surface area is 139 Å². The fourth-order valence-corrected chi connectivity index (χ4v) is 3.68. The van der Waals surface area contributed by atoms with Crippen molar-refractivity contribution in [2.75, 3.05) is 55.2 Å². The van der Waals surface area contributed by atoms with Crippen LogP contribution < -0.4 is 16.0 Å². The molecule has 1 aromatic rings. The molecule has 23 heavy (non-hydrogen) atoms.